The van der Waals surface area contributed by atoms with Crippen LogP contribution >= 0.6 is 0 Å². The Hall–Kier alpha value is -1.93. The predicted molar refractivity (Wildman–Crippen MR) is 109 cm³/mol. The number of carbonyl (C=O) groups excluding carboxylic acids is 2. The maximum Gasteiger partial charge on any atom is 0.253 e. The zero-order valence-corrected chi connectivity index (χ0v) is 17.2. The molecule has 0 unspecified atom stereocenters. The van der Waals surface area contributed by atoms with Crippen LogP contribution in [0.1, 0.15) is 49.4 Å². The number of anilines is 1. The predicted octanol–water partition coefficient (Wildman–Crippen LogP) is 2.31. The Morgan fingerprint density at radius 2 is 1.61 bits per heavy atom. The summed E-state index contributed by atoms with van der Waals surface area (Å²) in [6.07, 6.45) is 4.34. The van der Waals surface area contributed by atoms with Crippen molar-refractivity contribution in [1.82, 2.24) is 9.21 Å². The van der Waals surface area contributed by atoms with E-state index in [0.29, 0.717) is 37.2 Å². The van der Waals surface area contributed by atoms with Gasteiger partial charge in [0, 0.05) is 43.3 Å². The lowest BCUT2D eigenvalue weighted by atomic mass is 9.97. The van der Waals surface area contributed by atoms with Crippen LogP contribution in [0.25, 0.3) is 0 Å². The first-order chi connectivity index (χ1) is 13.4. The molecule has 7 nitrogen and oxygen atoms in total. The Labute approximate surface area is 167 Å². The van der Waals surface area contributed by atoms with Crippen LogP contribution < -0.4 is 5.32 Å². The van der Waals surface area contributed by atoms with Crippen LogP contribution in [0.2, 0.25) is 0 Å². The van der Waals surface area contributed by atoms with E-state index in [-0.39, 0.29) is 23.5 Å². The highest BCUT2D eigenvalue weighted by molar-refractivity contribution is 7.89. The van der Waals surface area contributed by atoms with E-state index in [1.165, 1.54) is 10.7 Å². The van der Waals surface area contributed by atoms with Crippen LogP contribution in [-0.4, -0.2) is 61.4 Å². The number of sulfonamides is 1. The molecule has 0 spiro atoms. The van der Waals surface area contributed by atoms with Crippen LogP contribution in [-0.2, 0) is 14.8 Å². The SMILES string of the molecule is CCS(=O)(=O)N1CCC(C(=O)Nc2ccc(C(=O)N3CCCCC3)cc2)CC1. The number of piperidine rings is 2. The van der Waals surface area contributed by atoms with Crippen LogP contribution in [0.5, 0.6) is 0 Å². The van der Waals surface area contributed by atoms with Crippen LogP contribution in [0.3, 0.4) is 0 Å². The Bertz CT molecular complexity index is 793. The smallest absolute Gasteiger partial charge is 0.253 e. The van der Waals surface area contributed by atoms with Gasteiger partial charge in [0.25, 0.3) is 5.91 Å². The molecule has 2 aliphatic rings. The number of nitrogens with one attached hydrogen (secondary N) is 1. The summed E-state index contributed by atoms with van der Waals surface area (Å²) < 4.78 is 25.3. The van der Waals surface area contributed by atoms with E-state index in [0.717, 1.165) is 25.9 Å². The average molecular weight is 408 g/mol. The van der Waals surface area contributed by atoms with Gasteiger partial charge in [-0.3, -0.25) is 9.59 Å². The highest BCUT2D eigenvalue weighted by atomic mass is 32.2. The van der Waals surface area contributed by atoms with Crippen LogP contribution in [0.4, 0.5) is 5.69 Å². The quantitative estimate of drug-likeness (QED) is 0.811. The topological polar surface area (TPSA) is 86.8 Å². The van der Waals surface area contributed by atoms with Gasteiger partial charge in [-0.15, -0.1) is 0 Å². The van der Waals surface area contributed by atoms with Crippen molar-refractivity contribution in [2.75, 3.05) is 37.2 Å². The molecule has 0 saturated carbocycles. The molecule has 0 atom stereocenters. The molecule has 154 valence electrons. The minimum atomic E-state index is -3.19. The van der Waals surface area contributed by atoms with Gasteiger partial charge in [0.2, 0.25) is 15.9 Å². The summed E-state index contributed by atoms with van der Waals surface area (Å²) in [5.74, 6) is -0.157. The van der Waals surface area contributed by atoms with Gasteiger partial charge in [0.15, 0.2) is 0 Å². The van der Waals surface area contributed by atoms with E-state index >= 15 is 0 Å². The molecule has 0 bridgehead atoms. The molecule has 28 heavy (non-hydrogen) atoms. The lowest BCUT2D eigenvalue weighted by Gasteiger charge is -2.30. The summed E-state index contributed by atoms with van der Waals surface area (Å²) in [6.45, 7) is 4.02. The molecule has 2 amide bonds. The Kier molecular flexibility index (Phi) is 6.72. The van der Waals surface area contributed by atoms with Gasteiger partial charge in [-0.05, 0) is 63.3 Å². The Morgan fingerprint density at radius 3 is 2.18 bits per heavy atom. The average Bonchev–Trinajstić information content (AvgIpc) is 2.74. The summed E-state index contributed by atoms with van der Waals surface area (Å²) in [6, 6.07) is 7.02. The second kappa shape index (κ2) is 9.05. The first-order valence-corrected chi connectivity index (χ1v) is 11.7. The van der Waals surface area contributed by atoms with Crippen molar-refractivity contribution in [3.05, 3.63) is 29.8 Å². The fraction of sp³-hybridized carbons (Fsp3) is 0.600. The van der Waals surface area contributed by atoms with Crippen LogP contribution in [0, 0.1) is 5.92 Å². The van der Waals surface area contributed by atoms with Crippen molar-refractivity contribution in [2.24, 2.45) is 5.92 Å². The first-order valence-electron chi connectivity index (χ1n) is 10.1. The van der Waals surface area contributed by atoms with Crippen LogP contribution in [0.15, 0.2) is 24.3 Å². The van der Waals surface area contributed by atoms with E-state index in [4.69, 9.17) is 0 Å². The number of benzene rings is 1. The second-order valence-electron chi connectivity index (χ2n) is 7.49. The Morgan fingerprint density at radius 1 is 1.00 bits per heavy atom. The van der Waals surface area contributed by atoms with Gasteiger partial charge < -0.3 is 10.2 Å². The highest BCUT2D eigenvalue weighted by Gasteiger charge is 2.30. The fourth-order valence-electron chi connectivity index (χ4n) is 3.80. The third-order valence-electron chi connectivity index (χ3n) is 5.63. The molecule has 2 aliphatic heterocycles. The summed E-state index contributed by atoms with van der Waals surface area (Å²) in [7, 11) is -3.19. The zero-order valence-electron chi connectivity index (χ0n) is 16.4. The van der Waals surface area contributed by atoms with Crippen molar-refractivity contribution >= 4 is 27.5 Å². The summed E-state index contributed by atoms with van der Waals surface area (Å²) in [5, 5.41) is 2.89. The summed E-state index contributed by atoms with van der Waals surface area (Å²) in [4.78, 5) is 26.9. The van der Waals surface area contributed by atoms with Gasteiger partial charge in [0.05, 0.1) is 5.75 Å². The van der Waals surface area contributed by atoms with E-state index in [9.17, 15) is 18.0 Å². The molecule has 1 N–H and O–H groups in total. The van der Waals surface area contributed by atoms with Crippen molar-refractivity contribution in [2.45, 2.75) is 39.0 Å². The molecular formula is C20H29N3O4S. The molecule has 1 aromatic rings. The fourth-order valence-corrected chi connectivity index (χ4v) is 4.93. The first kappa shape index (κ1) is 20.8. The number of carbonyl (C=O) groups is 2. The number of amides is 2. The van der Waals surface area contributed by atoms with Gasteiger partial charge in [-0.1, -0.05) is 0 Å². The number of nitrogens with zero attached hydrogens (tertiary/aromatic N) is 2. The maximum absolute atomic E-state index is 12.5. The minimum Gasteiger partial charge on any atom is -0.339 e. The van der Waals surface area contributed by atoms with E-state index in [2.05, 4.69) is 5.32 Å². The zero-order chi connectivity index (χ0) is 20.1. The van der Waals surface area contributed by atoms with Crippen molar-refractivity contribution in [3.63, 3.8) is 0 Å². The van der Waals surface area contributed by atoms with Gasteiger partial charge >= 0.3 is 0 Å². The van der Waals surface area contributed by atoms with E-state index in [1.807, 2.05) is 4.90 Å². The number of hydrogen-bond donors (Lipinski definition) is 1. The lowest BCUT2D eigenvalue weighted by Crippen LogP contribution is -2.42. The van der Waals surface area contributed by atoms with Crippen molar-refractivity contribution in [1.29, 1.82) is 0 Å². The largest absolute Gasteiger partial charge is 0.339 e. The van der Waals surface area contributed by atoms with E-state index < -0.39 is 10.0 Å². The molecular weight excluding hydrogens is 378 g/mol. The number of likely N-dealkylation sites (tertiary alicyclic amines) is 1. The normalized spacial score (nSPS) is 19.4. The van der Waals surface area contributed by atoms with E-state index in [1.54, 1.807) is 31.2 Å². The molecule has 2 fully saturated rings. The molecule has 0 aromatic heterocycles. The lowest BCUT2D eigenvalue weighted by molar-refractivity contribution is -0.120. The third-order valence-corrected chi connectivity index (χ3v) is 7.51. The Balaban J connectivity index is 1.53. The van der Waals surface area contributed by atoms with Gasteiger partial charge in [-0.25, -0.2) is 12.7 Å². The van der Waals surface area contributed by atoms with Crippen molar-refractivity contribution in [3.8, 4) is 0 Å². The number of rotatable bonds is 5. The second-order valence-corrected chi connectivity index (χ2v) is 9.75. The molecule has 8 heteroatoms. The highest BCUT2D eigenvalue weighted by Crippen LogP contribution is 2.22. The summed E-state index contributed by atoms with van der Waals surface area (Å²) in [5.41, 5.74) is 1.29. The molecule has 2 saturated heterocycles. The van der Waals surface area contributed by atoms with Gasteiger partial charge in [-0.2, -0.15) is 0 Å². The molecule has 2 heterocycles. The number of hydrogen-bond acceptors (Lipinski definition) is 4. The molecule has 3 rings (SSSR count). The third kappa shape index (κ3) is 4.91. The maximum atomic E-state index is 12.5. The van der Waals surface area contributed by atoms with Crippen molar-refractivity contribution < 1.29 is 18.0 Å². The standard InChI is InChI=1S/C20H29N3O4S/c1-2-28(26,27)23-14-10-16(11-15-23)19(24)21-18-8-6-17(7-9-18)20(25)22-12-4-3-5-13-22/h6-9,16H,2-5,10-15H2,1H3,(H,21,24). The minimum absolute atomic E-state index is 0.0436. The molecule has 0 radical (unpaired) electrons. The summed E-state index contributed by atoms with van der Waals surface area (Å²) >= 11 is 0. The van der Waals surface area contributed by atoms with Gasteiger partial charge in [0.1, 0.15) is 0 Å². The molecule has 0 aliphatic carbocycles. The monoisotopic (exact) mass is 407 g/mol. The molecule has 1 aromatic carbocycles.